The van der Waals surface area contributed by atoms with Crippen molar-refractivity contribution in [3.05, 3.63) is 59.9 Å². The van der Waals surface area contributed by atoms with Gasteiger partial charge in [-0.15, -0.1) is 0 Å². The Morgan fingerprint density at radius 2 is 2.04 bits per heavy atom. The number of aryl methyl sites for hydroxylation is 2. The van der Waals surface area contributed by atoms with Gasteiger partial charge in [0.15, 0.2) is 11.6 Å². The lowest BCUT2D eigenvalue weighted by Gasteiger charge is -1.92. The molecule has 24 heavy (non-hydrogen) atoms. The highest BCUT2D eigenvalue weighted by molar-refractivity contribution is 5.75. The van der Waals surface area contributed by atoms with E-state index in [1.807, 2.05) is 6.07 Å². The molecule has 0 bridgehead atoms. The molecule has 0 aliphatic carbocycles. The minimum Gasteiger partial charge on any atom is -0.342 e. The smallest absolute Gasteiger partial charge is 0.259 e. The summed E-state index contributed by atoms with van der Waals surface area (Å²) in [5.41, 5.74) is 1.18. The molecule has 120 valence electrons. The molecule has 0 unspecified atom stereocenters. The predicted octanol–water partition coefficient (Wildman–Crippen LogP) is 3.07. The molecule has 0 saturated heterocycles. The predicted molar refractivity (Wildman–Crippen MR) is 80.9 cm³/mol. The third-order valence-electron chi connectivity index (χ3n) is 3.52. The number of imidazole rings is 1. The van der Waals surface area contributed by atoms with Crippen molar-refractivity contribution in [2.24, 2.45) is 0 Å². The SMILES string of the molecule is Fc1cc(F)c2nc(CCc3noc(-c4cccnc4)n3)[nH]c2c1. The topological polar surface area (TPSA) is 80.5 Å². The number of halogens is 2. The van der Waals surface area contributed by atoms with Crippen LogP contribution in [-0.2, 0) is 12.8 Å². The molecule has 0 atom stereocenters. The monoisotopic (exact) mass is 327 g/mol. The lowest BCUT2D eigenvalue weighted by Crippen LogP contribution is -1.95. The lowest BCUT2D eigenvalue weighted by atomic mass is 10.3. The van der Waals surface area contributed by atoms with E-state index >= 15 is 0 Å². The Balaban J connectivity index is 1.51. The van der Waals surface area contributed by atoms with Crippen molar-refractivity contribution in [3.63, 3.8) is 0 Å². The van der Waals surface area contributed by atoms with E-state index in [-0.39, 0.29) is 5.52 Å². The maximum Gasteiger partial charge on any atom is 0.259 e. The molecule has 6 nitrogen and oxygen atoms in total. The Hall–Kier alpha value is -3.16. The summed E-state index contributed by atoms with van der Waals surface area (Å²) < 4.78 is 32.0. The molecule has 1 N–H and O–H groups in total. The largest absolute Gasteiger partial charge is 0.342 e. The fourth-order valence-electron chi connectivity index (χ4n) is 2.40. The number of hydrogen-bond acceptors (Lipinski definition) is 5. The van der Waals surface area contributed by atoms with Gasteiger partial charge in [0.05, 0.1) is 11.1 Å². The van der Waals surface area contributed by atoms with Crippen molar-refractivity contribution >= 4 is 11.0 Å². The molecule has 0 amide bonds. The Morgan fingerprint density at radius 3 is 2.88 bits per heavy atom. The number of pyridine rings is 1. The lowest BCUT2D eigenvalue weighted by molar-refractivity contribution is 0.422. The van der Waals surface area contributed by atoms with Crippen molar-refractivity contribution < 1.29 is 13.3 Å². The zero-order valence-corrected chi connectivity index (χ0v) is 12.3. The molecule has 3 aromatic heterocycles. The highest BCUT2D eigenvalue weighted by Crippen LogP contribution is 2.19. The van der Waals surface area contributed by atoms with Crippen LogP contribution in [0.2, 0.25) is 0 Å². The fourth-order valence-corrected chi connectivity index (χ4v) is 2.40. The number of aromatic nitrogens is 5. The van der Waals surface area contributed by atoms with Crippen molar-refractivity contribution in [1.29, 1.82) is 0 Å². The normalized spacial score (nSPS) is 11.2. The summed E-state index contributed by atoms with van der Waals surface area (Å²) in [4.78, 5) is 15.3. The molecule has 0 radical (unpaired) electrons. The van der Waals surface area contributed by atoms with Gasteiger partial charge in [-0.25, -0.2) is 13.8 Å². The summed E-state index contributed by atoms with van der Waals surface area (Å²) in [5.74, 6) is 0.0828. The molecular weight excluding hydrogens is 316 g/mol. The van der Waals surface area contributed by atoms with Crippen LogP contribution < -0.4 is 0 Å². The zero-order valence-electron chi connectivity index (χ0n) is 12.3. The number of aromatic amines is 1. The summed E-state index contributed by atoms with van der Waals surface area (Å²) in [6, 6.07) is 5.62. The van der Waals surface area contributed by atoms with Gasteiger partial charge < -0.3 is 9.51 Å². The van der Waals surface area contributed by atoms with Gasteiger partial charge in [0.2, 0.25) is 0 Å². The van der Waals surface area contributed by atoms with Gasteiger partial charge in [-0.3, -0.25) is 4.98 Å². The average molecular weight is 327 g/mol. The van der Waals surface area contributed by atoms with Crippen molar-refractivity contribution in [1.82, 2.24) is 25.1 Å². The van der Waals surface area contributed by atoms with E-state index in [0.29, 0.717) is 35.9 Å². The number of rotatable bonds is 4. The van der Waals surface area contributed by atoms with Gasteiger partial charge in [0, 0.05) is 31.3 Å². The second-order valence-electron chi connectivity index (χ2n) is 5.22. The van der Waals surface area contributed by atoms with Crippen LogP contribution >= 0.6 is 0 Å². The second kappa shape index (κ2) is 5.80. The fraction of sp³-hybridized carbons (Fsp3) is 0.125. The van der Waals surface area contributed by atoms with Crippen molar-refractivity contribution in [3.8, 4) is 11.5 Å². The quantitative estimate of drug-likeness (QED) is 0.623. The molecule has 3 heterocycles. The molecule has 0 aliphatic heterocycles. The first-order valence-electron chi connectivity index (χ1n) is 7.25. The number of hydrogen-bond donors (Lipinski definition) is 1. The number of fused-ring (bicyclic) bond motifs is 1. The second-order valence-corrected chi connectivity index (χ2v) is 5.22. The van der Waals surface area contributed by atoms with E-state index in [9.17, 15) is 8.78 Å². The first kappa shape index (κ1) is 14.4. The Labute approximate surface area is 134 Å². The van der Waals surface area contributed by atoms with E-state index in [1.165, 1.54) is 6.07 Å². The van der Waals surface area contributed by atoms with Crippen molar-refractivity contribution in [2.45, 2.75) is 12.8 Å². The first-order valence-corrected chi connectivity index (χ1v) is 7.25. The third-order valence-corrected chi connectivity index (χ3v) is 3.52. The van der Waals surface area contributed by atoms with Gasteiger partial charge in [0.25, 0.3) is 5.89 Å². The van der Waals surface area contributed by atoms with E-state index in [0.717, 1.165) is 11.6 Å². The molecule has 4 aromatic rings. The average Bonchev–Trinajstić information content (AvgIpc) is 3.20. The van der Waals surface area contributed by atoms with Crippen LogP contribution in [0.1, 0.15) is 11.6 Å². The summed E-state index contributed by atoms with van der Waals surface area (Å²) in [6.45, 7) is 0. The van der Waals surface area contributed by atoms with Crippen LogP contribution in [0.25, 0.3) is 22.5 Å². The van der Waals surface area contributed by atoms with Crippen molar-refractivity contribution in [2.75, 3.05) is 0 Å². The molecule has 0 saturated carbocycles. The standard InChI is InChI=1S/C16H11F2N5O/c17-10-6-11(18)15-12(7-10)20-13(21-15)3-4-14-22-16(24-23-14)9-2-1-5-19-8-9/h1-2,5-8H,3-4H2,(H,20,21). The highest BCUT2D eigenvalue weighted by atomic mass is 19.1. The molecule has 0 fully saturated rings. The van der Waals surface area contributed by atoms with E-state index in [2.05, 4.69) is 25.1 Å². The molecule has 8 heteroatoms. The van der Waals surface area contributed by atoms with Gasteiger partial charge in [-0.1, -0.05) is 5.16 Å². The van der Waals surface area contributed by atoms with E-state index in [4.69, 9.17) is 4.52 Å². The Kier molecular flexibility index (Phi) is 3.49. The third kappa shape index (κ3) is 2.73. The number of nitrogens with zero attached hydrogens (tertiary/aromatic N) is 4. The van der Waals surface area contributed by atoms with Crippen LogP contribution in [0.15, 0.2) is 41.2 Å². The Bertz CT molecular complexity index is 996. The minimum absolute atomic E-state index is 0.121. The van der Waals surface area contributed by atoms with Crippen LogP contribution in [0.3, 0.4) is 0 Å². The van der Waals surface area contributed by atoms with E-state index < -0.39 is 11.6 Å². The highest BCUT2D eigenvalue weighted by Gasteiger charge is 2.12. The van der Waals surface area contributed by atoms with Gasteiger partial charge in [-0.05, 0) is 18.2 Å². The van der Waals surface area contributed by atoms with E-state index in [1.54, 1.807) is 18.5 Å². The summed E-state index contributed by atoms with van der Waals surface area (Å²) in [7, 11) is 0. The summed E-state index contributed by atoms with van der Waals surface area (Å²) >= 11 is 0. The molecule has 1 aromatic carbocycles. The van der Waals surface area contributed by atoms with Gasteiger partial charge >= 0.3 is 0 Å². The van der Waals surface area contributed by atoms with Crippen LogP contribution in [-0.4, -0.2) is 25.1 Å². The molecular formula is C16H11F2N5O. The number of benzene rings is 1. The first-order chi connectivity index (χ1) is 11.7. The summed E-state index contributed by atoms with van der Waals surface area (Å²) in [6.07, 6.45) is 4.19. The number of H-pyrrole nitrogens is 1. The van der Waals surface area contributed by atoms with Crippen LogP contribution in [0, 0.1) is 11.6 Å². The van der Waals surface area contributed by atoms with Gasteiger partial charge in [-0.2, -0.15) is 4.98 Å². The van der Waals surface area contributed by atoms with Gasteiger partial charge in [0.1, 0.15) is 17.2 Å². The molecule has 4 rings (SSSR count). The maximum atomic E-state index is 13.6. The number of nitrogens with one attached hydrogen (secondary N) is 1. The Morgan fingerprint density at radius 1 is 1.12 bits per heavy atom. The summed E-state index contributed by atoms with van der Waals surface area (Å²) in [5, 5.41) is 3.90. The molecule has 0 aliphatic rings. The molecule has 0 spiro atoms. The maximum absolute atomic E-state index is 13.6. The van der Waals surface area contributed by atoms with Crippen LogP contribution in [0.4, 0.5) is 8.78 Å². The van der Waals surface area contributed by atoms with Crippen LogP contribution in [0.5, 0.6) is 0 Å². The zero-order chi connectivity index (χ0) is 16.5. The minimum atomic E-state index is -0.689.